The van der Waals surface area contributed by atoms with Gasteiger partial charge in [0.15, 0.2) is 6.61 Å². The Kier molecular flexibility index (Phi) is 8.57. The number of alkyl halides is 3. The van der Waals surface area contributed by atoms with E-state index in [2.05, 4.69) is 10.3 Å². The van der Waals surface area contributed by atoms with E-state index in [0.29, 0.717) is 51.6 Å². The number of aliphatic imine (C=N–C) groups is 1. The van der Waals surface area contributed by atoms with E-state index in [1.54, 1.807) is 11.8 Å². The quantitative estimate of drug-likeness (QED) is 0.506. The van der Waals surface area contributed by atoms with E-state index in [4.69, 9.17) is 14.2 Å². The van der Waals surface area contributed by atoms with Gasteiger partial charge in [-0.15, -0.1) is 0 Å². The van der Waals surface area contributed by atoms with Gasteiger partial charge < -0.3 is 29.3 Å². The van der Waals surface area contributed by atoms with Gasteiger partial charge >= 0.3 is 6.18 Å². The number of hydrogen-bond donors (Lipinski definition) is 1. The molecule has 186 valence electrons. The lowest BCUT2D eigenvalue weighted by molar-refractivity contribution is -0.153. The highest BCUT2D eigenvalue weighted by molar-refractivity contribution is 5.85. The zero-order valence-electron chi connectivity index (χ0n) is 19.2. The molecule has 1 atom stereocenters. The van der Waals surface area contributed by atoms with E-state index in [-0.39, 0.29) is 28.7 Å². The highest BCUT2D eigenvalue weighted by Crippen LogP contribution is 2.35. The fraction of sp³-hybridized carbons (Fsp3) is 0.591. The van der Waals surface area contributed by atoms with Crippen LogP contribution in [0, 0.1) is 11.3 Å². The number of nitrogens with zero attached hydrogens (tertiary/aromatic N) is 4. The zero-order chi connectivity index (χ0) is 24.7. The average Bonchev–Trinajstić information content (AvgIpc) is 3.08. The number of carbonyl (C=O) groups excluding carboxylic acids is 1. The largest absolute Gasteiger partial charge is 0.497 e. The Hall–Kier alpha value is -3.04. The molecule has 0 aromatic heterocycles. The van der Waals surface area contributed by atoms with Crippen LogP contribution < -0.4 is 14.8 Å². The summed E-state index contributed by atoms with van der Waals surface area (Å²) in [6.45, 7) is 4.15. The van der Waals surface area contributed by atoms with Crippen LogP contribution in [-0.2, 0) is 9.53 Å². The number of halogens is 3. The number of carbonyl (C=O) groups is 1. The molecule has 0 bridgehead atoms. The van der Waals surface area contributed by atoms with Crippen LogP contribution in [0.1, 0.15) is 18.9 Å². The summed E-state index contributed by atoms with van der Waals surface area (Å²) in [7, 11) is 1.36. The number of methoxy groups -OCH3 is 1. The number of nitrogens with one attached hydrogen (secondary N) is 1. The molecule has 9 nitrogen and oxygen atoms in total. The van der Waals surface area contributed by atoms with E-state index in [1.807, 2.05) is 11.0 Å². The number of benzene rings is 1. The molecular formula is C22H28F3N5O4. The van der Waals surface area contributed by atoms with E-state index in [1.165, 1.54) is 19.2 Å². The van der Waals surface area contributed by atoms with Gasteiger partial charge in [-0.25, -0.2) is 4.99 Å². The van der Waals surface area contributed by atoms with Crippen molar-refractivity contribution in [2.24, 2.45) is 4.99 Å². The van der Waals surface area contributed by atoms with Crippen molar-refractivity contribution in [3.05, 3.63) is 17.7 Å². The third-order valence-corrected chi connectivity index (χ3v) is 5.54. The summed E-state index contributed by atoms with van der Waals surface area (Å²) in [5.74, 6) is 0.488. The van der Waals surface area contributed by atoms with Crippen molar-refractivity contribution in [1.29, 1.82) is 5.26 Å². The van der Waals surface area contributed by atoms with E-state index >= 15 is 0 Å². The van der Waals surface area contributed by atoms with Crippen LogP contribution in [0.3, 0.4) is 0 Å². The number of ether oxygens (including phenoxy) is 3. The van der Waals surface area contributed by atoms with Crippen LogP contribution in [0.2, 0.25) is 0 Å². The molecule has 2 heterocycles. The minimum atomic E-state index is -4.55. The number of hydrogen-bond acceptors (Lipinski definition) is 7. The molecule has 1 aromatic rings. The van der Waals surface area contributed by atoms with Gasteiger partial charge in [0.2, 0.25) is 0 Å². The van der Waals surface area contributed by atoms with Crippen molar-refractivity contribution in [2.45, 2.75) is 25.6 Å². The lowest BCUT2D eigenvalue weighted by Crippen LogP contribution is -2.50. The molecule has 0 aliphatic carbocycles. The molecule has 0 spiro atoms. The highest BCUT2D eigenvalue weighted by Gasteiger charge is 2.30. The molecular weight excluding hydrogens is 455 g/mol. The molecule has 2 fully saturated rings. The number of amidine groups is 1. The van der Waals surface area contributed by atoms with Crippen LogP contribution in [0.25, 0.3) is 0 Å². The van der Waals surface area contributed by atoms with Crippen molar-refractivity contribution in [3.8, 4) is 17.6 Å². The maximum Gasteiger partial charge on any atom is 0.422 e. The van der Waals surface area contributed by atoms with Gasteiger partial charge in [0.25, 0.3) is 5.91 Å². The fourth-order valence-corrected chi connectivity index (χ4v) is 3.80. The normalized spacial score (nSPS) is 19.9. The summed E-state index contributed by atoms with van der Waals surface area (Å²) in [6.07, 6.45) is -4.33. The molecule has 12 heteroatoms. The molecule has 0 saturated carbocycles. The Morgan fingerprint density at radius 1 is 1.29 bits per heavy atom. The molecule has 2 saturated heterocycles. The number of amides is 1. The lowest BCUT2D eigenvalue weighted by atomic mass is 10.1. The lowest BCUT2D eigenvalue weighted by Gasteiger charge is -2.29. The van der Waals surface area contributed by atoms with Gasteiger partial charge in [-0.2, -0.15) is 18.4 Å². The Morgan fingerprint density at radius 3 is 2.68 bits per heavy atom. The van der Waals surface area contributed by atoms with Crippen molar-refractivity contribution in [1.82, 2.24) is 15.1 Å². The Labute approximate surface area is 196 Å². The molecule has 1 amide bonds. The summed E-state index contributed by atoms with van der Waals surface area (Å²) >= 11 is 0. The maximum absolute atomic E-state index is 12.8. The second kappa shape index (κ2) is 11.4. The third-order valence-electron chi connectivity index (χ3n) is 5.54. The maximum atomic E-state index is 12.8. The van der Waals surface area contributed by atoms with Crippen molar-refractivity contribution in [3.63, 3.8) is 0 Å². The molecule has 3 rings (SSSR count). The van der Waals surface area contributed by atoms with Crippen LogP contribution >= 0.6 is 0 Å². The van der Waals surface area contributed by atoms with Gasteiger partial charge in [0.05, 0.1) is 19.4 Å². The van der Waals surface area contributed by atoms with Crippen molar-refractivity contribution < 1.29 is 32.2 Å². The smallest absolute Gasteiger partial charge is 0.422 e. The molecule has 1 unspecified atom stereocenters. The second-order valence-electron chi connectivity index (χ2n) is 7.92. The first-order valence-corrected chi connectivity index (χ1v) is 10.9. The molecule has 1 N–H and O–H groups in total. The first-order valence-electron chi connectivity index (χ1n) is 10.9. The summed E-state index contributed by atoms with van der Waals surface area (Å²) in [5, 5.41) is 12.7. The third kappa shape index (κ3) is 6.74. The topological polar surface area (TPSA) is 99.4 Å². The van der Waals surface area contributed by atoms with Gasteiger partial charge in [0.1, 0.15) is 35.1 Å². The Morgan fingerprint density at radius 2 is 2.03 bits per heavy atom. The minimum absolute atomic E-state index is 0.0466. The first kappa shape index (κ1) is 25.6. The van der Waals surface area contributed by atoms with Crippen molar-refractivity contribution >= 4 is 17.4 Å². The van der Waals surface area contributed by atoms with Crippen LogP contribution in [-0.4, -0.2) is 93.4 Å². The minimum Gasteiger partial charge on any atom is -0.497 e. The number of rotatable bonds is 5. The fourth-order valence-electron chi connectivity index (χ4n) is 3.80. The molecule has 34 heavy (non-hydrogen) atoms. The summed E-state index contributed by atoms with van der Waals surface area (Å²) < 4.78 is 53.5. The van der Waals surface area contributed by atoms with E-state index in [9.17, 15) is 23.2 Å². The standard InChI is InChI=1S/C22H28F3N5O4/c1-15(29-5-3-6-30(8-7-29)21(31)20-13-27-4-9-33-20)28-18-10-16(32-2)11-19(17(18)12-26)34-14-22(23,24)25/h10-11,20,27H,3-9,13-14H2,1-2H3. The molecule has 2 aliphatic rings. The van der Waals surface area contributed by atoms with Gasteiger partial charge in [0, 0.05) is 51.4 Å². The van der Waals surface area contributed by atoms with E-state index < -0.39 is 18.9 Å². The van der Waals surface area contributed by atoms with Crippen LogP contribution in [0.5, 0.6) is 11.5 Å². The summed E-state index contributed by atoms with van der Waals surface area (Å²) in [6, 6.07) is 4.59. The summed E-state index contributed by atoms with van der Waals surface area (Å²) in [4.78, 5) is 21.0. The van der Waals surface area contributed by atoms with Crippen molar-refractivity contribution in [2.75, 3.05) is 59.6 Å². The Balaban J connectivity index is 1.75. The summed E-state index contributed by atoms with van der Waals surface area (Å²) in [5.41, 5.74) is 0.0355. The van der Waals surface area contributed by atoms with Gasteiger partial charge in [-0.05, 0) is 13.3 Å². The second-order valence-corrected chi connectivity index (χ2v) is 7.92. The number of morpholine rings is 1. The molecule has 1 aromatic carbocycles. The first-order chi connectivity index (χ1) is 16.2. The van der Waals surface area contributed by atoms with Gasteiger partial charge in [-0.1, -0.05) is 0 Å². The van der Waals surface area contributed by atoms with Crippen LogP contribution in [0.15, 0.2) is 17.1 Å². The zero-order valence-corrected chi connectivity index (χ0v) is 19.2. The predicted molar refractivity (Wildman–Crippen MR) is 117 cm³/mol. The number of nitriles is 1. The molecule has 0 radical (unpaired) electrons. The Bertz CT molecular complexity index is 942. The van der Waals surface area contributed by atoms with Gasteiger partial charge in [-0.3, -0.25) is 4.79 Å². The van der Waals surface area contributed by atoms with Crippen LogP contribution in [0.4, 0.5) is 18.9 Å². The monoisotopic (exact) mass is 483 g/mol. The molecule has 2 aliphatic heterocycles. The predicted octanol–water partition coefficient (Wildman–Crippen LogP) is 2.08. The highest BCUT2D eigenvalue weighted by atomic mass is 19.4. The average molecular weight is 483 g/mol. The SMILES string of the molecule is COc1cc(N=C(C)N2CCCN(C(=O)C3CNCCO3)CC2)c(C#N)c(OCC(F)(F)F)c1. The van der Waals surface area contributed by atoms with E-state index in [0.717, 1.165) is 6.54 Å².